The number of anilines is 2. The summed E-state index contributed by atoms with van der Waals surface area (Å²) in [5.74, 6) is 0.720. The van der Waals surface area contributed by atoms with Gasteiger partial charge in [-0.1, -0.05) is 0 Å². The van der Waals surface area contributed by atoms with Crippen LogP contribution in [0.25, 0.3) is 5.82 Å². The molecule has 0 spiro atoms. The molecule has 0 atom stereocenters. The second kappa shape index (κ2) is 6.00. The van der Waals surface area contributed by atoms with Crippen molar-refractivity contribution < 1.29 is 13.2 Å². The molecule has 24 heavy (non-hydrogen) atoms. The summed E-state index contributed by atoms with van der Waals surface area (Å²) in [5, 5.41) is 15.8. The number of rotatable bonds is 3. The molecule has 0 saturated heterocycles. The summed E-state index contributed by atoms with van der Waals surface area (Å²) in [6.45, 7) is 0. The first-order chi connectivity index (χ1) is 11.5. The summed E-state index contributed by atoms with van der Waals surface area (Å²) in [5.41, 5.74) is 0.0973. The molecule has 0 amide bonds. The molecule has 1 N–H and O–H groups in total. The van der Waals surface area contributed by atoms with Crippen molar-refractivity contribution in [1.82, 2.24) is 19.7 Å². The van der Waals surface area contributed by atoms with Crippen LogP contribution in [0, 0.1) is 11.3 Å². The van der Waals surface area contributed by atoms with Crippen molar-refractivity contribution in [3.05, 3.63) is 60.2 Å². The summed E-state index contributed by atoms with van der Waals surface area (Å²) in [6.07, 6.45) is -0.622. The third-order valence-electron chi connectivity index (χ3n) is 3.05. The first kappa shape index (κ1) is 15.5. The summed E-state index contributed by atoms with van der Waals surface area (Å²) in [7, 11) is 0. The second-order valence-electron chi connectivity index (χ2n) is 4.72. The molecule has 0 unspecified atom stereocenters. The highest BCUT2D eigenvalue weighted by Crippen LogP contribution is 2.28. The molecule has 9 heteroatoms. The Balaban J connectivity index is 1.76. The number of nitrogens with one attached hydrogen (secondary N) is 1. The van der Waals surface area contributed by atoms with Crippen LogP contribution < -0.4 is 5.32 Å². The molecule has 3 rings (SSSR count). The molecule has 3 aromatic heterocycles. The third kappa shape index (κ3) is 3.33. The quantitative estimate of drug-likeness (QED) is 0.797. The minimum absolute atomic E-state index is 0.258. The predicted octanol–water partition coefficient (Wildman–Crippen LogP) is 3.30. The van der Waals surface area contributed by atoms with Gasteiger partial charge in [-0.25, -0.2) is 14.6 Å². The van der Waals surface area contributed by atoms with Crippen molar-refractivity contribution in [2.75, 3.05) is 5.32 Å². The van der Waals surface area contributed by atoms with E-state index < -0.39 is 11.7 Å². The topological polar surface area (TPSA) is 79.4 Å². The summed E-state index contributed by atoms with van der Waals surface area (Å²) >= 11 is 0. The van der Waals surface area contributed by atoms with Gasteiger partial charge in [0.2, 0.25) is 0 Å². The van der Waals surface area contributed by atoms with Gasteiger partial charge in [-0.2, -0.15) is 18.4 Å². The minimum Gasteiger partial charge on any atom is -0.337 e. The van der Waals surface area contributed by atoms with E-state index in [0.29, 0.717) is 17.2 Å². The number of hydrogen-bond acceptors (Lipinski definition) is 5. The zero-order valence-electron chi connectivity index (χ0n) is 12.0. The van der Waals surface area contributed by atoms with Crippen molar-refractivity contribution in [3.63, 3.8) is 0 Å². The minimum atomic E-state index is -4.43. The van der Waals surface area contributed by atoms with Crippen molar-refractivity contribution in [2.24, 2.45) is 0 Å². The van der Waals surface area contributed by atoms with Crippen molar-refractivity contribution in [3.8, 4) is 11.9 Å². The largest absolute Gasteiger partial charge is 0.417 e. The third-order valence-corrected chi connectivity index (χ3v) is 3.05. The van der Waals surface area contributed by atoms with Crippen LogP contribution in [0.15, 0.2) is 48.9 Å². The van der Waals surface area contributed by atoms with Gasteiger partial charge in [-0.05, 0) is 24.3 Å². The molecule has 3 heterocycles. The highest BCUT2D eigenvalue weighted by atomic mass is 19.4. The Kier molecular flexibility index (Phi) is 3.87. The summed E-state index contributed by atoms with van der Waals surface area (Å²) < 4.78 is 38.9. The molecule has 0 aliphatic rings. The average molecular weight is 330 g/mol. The van der Waals surface area contributed by atoms with E-state index in [0.717, 1.165) is 12.3 Å². The molecule has 0 aliphatic carbocycles. The molecule has 0 radical (unpaired) electrons. The van der Waals surface area contributed by atoms with Gasteiger partial charge in [0.25, 0.3) is 0 Å². The molecule has 0 bridgehead atoms. The Morgan fingerprint density at radius 2 is 1.88 bits per heavy atom. The fourth-order valence-electron chi connectivity index (χ4n) is 1.89. The molecule has 3 aromatic rings. The zero-order valence-corrected chi connectivity index (χ0v) is 12.0. The Hall–Kier alpha value is -3.41. The Morgan fingerprint density at radius 1 is 1.04 bits per heavy atom. The van der Waals surface area contributed by atoms with Crippen LogP contribution in [-0.4, -0.2) is 19.7 Å². The van der Waals surface area contributed by atoms with E-state index in [1.807, 2.05) is 6.07 Å². The number of alkyl halides is 3. The monoisotopic (exact) mass is 330 g/mol. The van der Waals surface area contributed by atoms with Gasteiger partial charge >= 0.3 is 6.18 Å². The zero-order chi connectivity index (χ0) is 17.2. The van der Waals surface area contributed by atoms with Gasteiger partial charge in [0, 0.05) is 18.5 Å². The number of nitriles is 1. The molecule has 0 fully saturated rings. The van der Waals surface area contributed by atoms with E-state index in [1.165, 1.54) is 16.9 Å². The maximum Gasteiger partial charge on any atom is 0.417 e. The number of aromatic nitrogens is 4. The van der Waals surface area contributed by atoms with Crippen LogP contribution in [0.4, 0.5) is 24.7 Å². The normalized spacial score (nSPS) is 11.1. The lowest BCUT2D eigenvalue weighted by atomic mass is 10.3. The van der Waals surface area contributed by atoms with E-state index in [2.05, 4.69) is 20.4 Å². The van der Waals surface area contributed by atoms with Gasteiger partial charge in [0.15, 0.2) is 11.6 Å². The van der Waals surface area contributed by atoms with Crippen LogP contribution in [0.5, 0.6) is 0 Å². The summed E-state index contributed by atoms with van der Waals surface area (Å²) in [4.78, 5) is 7.68. The molecule has 120 valence electrons. The lowest BCUT2D eigenvalue weighted by Gasteiger charge is -2.06. The first-order valence-electron chi connectivity index (χ1n) is 6.68. The Morgan fingerprint density at radius 3 is 2.46 bits per heavy atom. The molecule has 0 aliphatic heterocycles. The molecular weight excluding hydrogens is 321 g/mol. The average Bonchev–Trinajstić information content (AvgIpc) is 3.03. The maximum atomic E-state index is 12.5. The van der Waals surface area contributed by atoms with Gasteiger partial charge in [-0.15, -0.1) is 5.10 Å². The van der Waals surface area contributed by atoms with E-state index in [9.17, 15) is 13.2 Å². The second-order valence-corrected chi connectivity index (χ2v) is 4.72. The maximum absolute atomic E-state index is 12.5. The van der Waals surface area contributed by atoms with Crippen LogP contribution in [0.3, 0.4) is 0 Å². The van der Waals surface area contributed by atoms with E-state index in [1.54, 1.807) is 24.4 Å². The van der Waals surface area contributed by atoms with E-state index in [4.69, 9.17) is 5.26 Å². The molecule has 0 saturated carbocycles. The van der Waals surface area contributed by atoms with Crippen LogP contribution >= 0.6 is 0 Å². The van der Waals surface area contributed by atoms with Crippen molar-refractivity contribution in [2.45, 2.75) is 6.18 Å². The Labute approximate surface area is 134 Å². The lowest BCUT2D eigenvalue weighted by molar-refractivity contribution is -0.137. The fourth-order valence-corrected chi connectivity index (χ4v) is 1.89. The molecule has 6 nitrogen and oxygen atoms in total. The Bertz CT molecular complexity index is 875. The van der Waals surface area contributed by atoms with Crippen LogP contribution in [0.1, 0.15) is 11.3 Å². The standard InChI is InChI=1S/C15H9F3N6/c16-15(17,18)10-1-4-14(21-8-10)24-6-5-13(23-24)22-12-3-2-11(7-19)20-9-12/h1-6,8-9H,(H,22,23). The number of pyridine rings is 2. The van der Waals surface area contributed by atoms with Crippen molar-refractivity contribution in [1.29, 1.82) is 5.26 Å². The summed E-state index contributed by atoms with van der Waals surface area (Å²) in [6, 6.07) is 8.95. The van der Waals surface area contributed by atoms with Gasteiger partial charge < -0.3 is 5.32 Å². The molecule has 0 aromatic carbocycles. The smallest absolute Gasteiger partial charge is 0.337 e. The fraction of sp³-hybridized carbons (Fsp3) is 0.0667. The lowest BCUT2D eigenvalue weighted by Crippen LogP contribution is -2.07. The van der Waals surface area contributed by atoms with Gasteiger partial charge in [0.05, 0.1) is 17.4 Å². The predicted molar refractivity (Wildman–Crippen MR) is 78.6 cm³/mol. The van der Waals surface area contributed by atoms with Crippen molar-refractivity contribution >= 4 is 11.5 Å². The highest BCUT2D eigenvalue weighted by Gasteiger charge is 2.30. The van der Waals surface area contributed by atoms with Crippen LogP contribution in [0.2, 0.25) is 0 Å². The SMILES string of the molecule is N#Cc1ccc(Nc2ccn(-c3ccc(C(F)(F)F)cn3)n2)cn1. The highest BCUT2D eigenvalue weighted by molar-refractivity contribution is 5.55. The van der Waals surface area contributed by atoms with E-state index >= 15 is 0 Å². The molecular formula is C15H9F3N6. The van der Waals surface area contributed by atoms with E-state index in [-0.39, 0.29) is 5.82 Å². The van der Waals surface area contributed by atoms with Gasteiger partial charge in [0.1, 0.15) is 11.8 Å². The number of nitrogens with zero attached hydrogens (tertiary/aromatic N) is 5. The van der Waals surface area contributed by atoms with Crippen LogP contribution in [-0.2, 0) is 6.18 Å². The first-order valence-corrected chi connectivity index (χ1v) is 6.68. The number of hydrogen-bond donors (Lipinski definition) is 1. The van der Waals surface area contributed by atoms with Gasteiger partial charge in [-0.3, -0.25) is 0 Å². The number of halogens is 3.